The van der Waals surface area contributed by atoms with Gasteiger partial charge in [-0.3, -0.25) is 28.8 Å². The van der Waals surface area contributed by atoms with E-state index in [1.54, 1.807) is 14.0 Å². The molecule has 131 heavy (non-hydrogen) atoms. The summed E-state index contributed by atoms with van der Waals surface area (Å²) < 4.78 is 170. The topological polar surface area (TPSA) is 423 Å². The van der Waals surface area contributed by atoms with Crippen molar-refractivity contribution >= 4 is 46.5 Å². The van der Waals surface area contributed by atoms with Crippen LogP contribution in [0.2, 0.25) is 0 Å². The average Bonchev–Trinajstić information content (AvgIpc) is 1.75. The van der Waals surface area contributed by atoms with Crippen molar-refractivity contribution in [1.82, 2.24) is 16.0 Å². The first-order valence-corrected chi connectivity index (χ1v) is 44.7. The van der Waals surface area contributed by atoms with E-state index in [1.165, 1.54) is 114 Å². The summed E-state index contributed by atoms with van der Waals surface area (Å²) in [6.45, 7) is 5.44. The molecule has 39 heteroatoms. The standard InChI is InChI=1S/C48H68N2O18S.C44H64N2O16/c1-25-37(49-35(53)24-69-26(2)51)40(57-5)44(61-9)47(64-25)67-39-33(23-56-4)66-48(45(62-10)42(39)59-7)68-38-32(22-55-3)65-46(43(60-8)41(38)58-6)50-34(52)19-20-36(54)63-21-31-29-17-13-11-15-27(29)28-16-12-14-18-30(28)31;1-23-33(45)36(51-4)40(55-8)43(58-23)61-35-30(22-50-3)60-44(41(56-9)38(35)53-6)62-34-29(21-49-2)59-42(39(54-7)37(34)52-5)46-31(47)18-19-32(48)57-20-28-26-16-12-10-14-24(26)25-15-11-13-17-27(25)28/h11-18,25,31-33,37-48H,19-24H2,1-10H3,(H,49,53)(H,50,52);10-17,23,28-30,33-44H,18-22,45H2,1-9H3,(H,46,47)/t25?,32?,33?,37-,38+,39+,40-,41-,42-,43?,44?,45?,46?,47+,48+;23?,29?,30?,33-,34+,35+,36-,37-,38-,39?,40?,41?,42?,43+,44+/m11/s1. The average molecular weight is 1870 g/mol. The molecule has 14 unspecified atom stereocenters. The first kappa shape index (κ1) is 105. The Morgan fingerprint density at radius 1 is 0.321 bits per heavy atom. The molecule has 8 aliphatic rings. The lowest BCUT2D eigenvalue weighted by molar-refractivity contribution is -0.374. The molecule has 0 radical (unpaired) electrons. The fraction of sp³-hybridized carbons (Fsp3) is 0.674. The van der Waals surface area contributed by atoms with Crippen LogP contribution in [0, 0.1) is 0 Å². The van der Waals surface area contributed by atoms with E-state index >= 15 is 0 Å². The van der Waals surface area contributed by atoms with Gasteiger partial charge in [0.05, 0.1) is 69.3 Å². The van der Waals surface area contributed by atoms with Crippen molar-refractivity contribution in [2.24, 2.45) is 5.73 Å². The van der Waals surface area contributed by atoms with Crippen LogP contribution in [0.3, 0.4) is 0 Å². The van der Waals surface area contributed by atoms with Gasteiger partial charge in [-0.25, -0.2) is 0 Å². The van der Waals surface area contributed by atoms with E-state index in [1.807, 2.05) is 67.6 Å². The van der Waals surface area contributed by atoms with E-state index in [0.29, 0.717) is 0 Å². The van der Waals surface area contributed by atoms with Crippen molar-refractivity contribution in [1.29, 1.82) is 0 Å². The fourth-order valence-corrected chi connectivity index (χ4v) is 19.2. The predicted octanol–water partition coefficient (Wildman–Crippen LogP) is 4.26. The number of methoxy groups -OCH3 is 16. The molecule has 4 aromatic rings. The van der Waals surface area contributed by atoms with Crippen LogP contribution >= 0.6 is 11.8 Å². The Bertz CT molecular complexity index is 4170. The third-order valence-electron chi connectivity index (χ3n) is 25.1. The monoisotopic (exact) mass is 1870 g/mol. The number of amides is 3. The summed E-state index contributed by atoms with van der Waals surface area (Å²) in [7, 11) is 24.0. The molecule has 30 atom stereocenters. The van der Waals surface area contributed by atoms with Crippen LogP contribution in [-0.2, 0) is 161 Å². The van der Waals surface area contributed by atoms with Crippen molar-refractivity contribution in [3.63, 3.8) is 0 Å². The number of carbonyl (C=O) groups excluding carboxylic acids is 6. The summed E-state index contributed by atoms with van der Waals surface area (Å²) in [6, 6.07) is 31.2. The Morgan fingerprint density at radius 2 is 0.611 bits per heavy atom. The van der Waals surface area contributed by atoms with Crippen molar-refractivity contribution in [3.8, 4) is 22.3 Å². The smallest absolute Gasteiger partial charge is 0.306 e. The summed E-state index contributed by atoms with van der Waals surface area (Å²) in [5.74, 6) is -2.56. The lowest BCUT2D eigenvalue weighted by Gasteiger charge is -2.51. The van der Waals surface area contributed by atoms with Gasteiger partial charge >= 0.3 is 11.9 Å². The minimum Gasteiger partial charge on any atom is -0.465 e. The highest BCUT2D eigenvalue weighted by Gasteiger charge is 2.59. The first-order chi connectivity index (χ1) is 63.4. The van der Waals surface area contributed by atoms with Crippen molar-refractivity contribution < 1.29 is 161 Å². The van der Waals surface area contributed by atoms with Crippen LogP contribution in [0.4, 0.5) is 0 Å². The maximum absolute atomic E-state index is 13.5. The second-order valence-electron chi connectivity index (χ2n) is 32.7. The minimum atomic E-state index is -1.14. The maximum Gasteiger partial charge on any atom is 0.306 e. The molecule has 6 fully saturated rings. The lowest BCUT2D eigenvalue weighted by Crippen LogP contribution is -2.69. The molecular weight excluding hydrogens is 1740 g/mol. The second-order valence-corrected chi connectivity index (χ2v) is 33.9. The Balaban J connectivity index is 0.000000254. The largest absolute Gasteiger partial charge is 0.465 e. The van der Waals surface area contributed by atoms with E-state index in [4.69, 9.17) is 138 Å². The number of nitrogens with one attached hydrogen (secondary N) is 3. The predicted molar refractivity (Wildman–Crippen MR) is 467 cm³/mol. The zero-order chi connectivity index (χ0) is 94.3. The molecule has 6 heterocycles. The van der Waals surface area contributed by atoms with Gasteiger partial charge in [0.1, 0.15) is 135 Å². The van der Waals surface area contributed by atoms with E-state index in [2.05, 4.69) is 52.3 Å². The summed E-state index contributed by atoms with van der Waals surface area (Å²) >= 11 is 0.895. The molecular formula is C92H132N4O34S. The number of hydrogen-bond acceptors (Lipinski definition) is 36. The van der Waals surface area contributed by atoms with Crippen molar-refractivity contribution in [3.05, 3.63) is 119 Å². The summed E-state index contributed by atoms with van der Waals surface area (Å²) in [6.07, 6.45) is -24.4. The maximum atomic E-state index is 13.5. The Labute approximate surface area is 769 Å². The molecule has 5 N–H and O–H groups in total. The molecule has 0 saturated carbocycles. The number of rotatable bonds is 43. The third kappa shape index (κ3) is 24.8. The van der Waals surface area contributed by atoms with Gasteiger partial charge in [0.15, 0.2) is 42.7 Å². The Kier molecular flexibility index (Phi) is 40.6. The van der Waals surface area contributed by atoms with E-state index in [9.17, 15) is 28.8 Å². The molecule has 4 aromatic carbocycles. The Hall–Kier alpha value is -6.83. The number of fused-ring (bicyclic) bond motifs is 6. The highest BCUT2D eigenvalue weighted by Crippen LogP contribution is 2.47. The van der Waals surface area contributed by atoms with Crippen molar-refractivity contribution in [2.45, 2.75) is 242 Å². The molecule has 38 nitrogen and oxygen atoms in total. The quantitative estimate of drug-likeness (QED) is 0.0450. The molecule has 2 aliphatic carbocycles. The number of benzene rings is 4. The number of carbonyl (C=O) groups is 6. The highest BCUT2D eigenvalue weighted by molar-refractivity contribution is 8.14. The van der Waals surface area contributed by atoms with E-state index < -0.39 is 208 Å². The van der Waals surface area contributed by atoms with E-state index in [0.717, 1.165) is 56.3 Å². The van der Waals surface area contributed by atoms with Gasteiger partial charge in [-0.1, -0.05) is 109 Å². The van der Waals surface area contributed by atoms with Crippen LogP contribution in [0.25, 0.3) is 22.3 Å². The lowest BCUT2D eigenvalue weighted by atomic mass is 9.94. The SMILES string of the molecule is COCC1OC(NC(=O)CCC(=O)OCC2c3ccccc3-c3ccccc32)C(OC)[C@H](OC)[C@H]1O[C@@H]1OC(COC)[C@H](O[C@@H]2OC(C)[C@@H](N)[C@@H](OC)C2OC)[C@@H](OC)C1OC.COCC1OC(NC(=O)CCC(=O)OCC2c3ccccc3-c3ccccc32)C(OC)[C@H](OC)[C@H]1O[C@@H]1OC(COC)[C@H](O[C@@H]2OC(C)[C@@H](NC(=O)CSC(C)=O)[C@@H](OC)C2OC)[C@@H](OC)C1OC. The zero-order valence-corrected chi connectivity index (χ0v) is 78.7. The minimum absolute atomic E-state index is 0.00564. The van der Waals surface area contributed by atoms with Crippen LogP contribution in [0.1, 0.15) is 80.5 Å². The first-order valence-electron chi connectivity index (χ1n) is 43.7. The van der Waals surface area contributed by atoms with Gasteiger partial charge in [-0.05, 0) is 58.4 Å². The summed E-state index contributed by atoms with van der Waals surface area (Å²) in [4.78, 5) is 77.2. The third-order valence-corrected chi connectivity index (χ3v) is 25.9. The zero-order valence-electron chi connectivity index (χ0n) is 77.9. The molecule has 12 rings (SSSR count). The second kappa shape index (κ2) is 50.8. The van der Waals surface area contributed by atoms with Crippen LogP contribution in [-0.4, -0.2) is 378 Å². The van der Waals surface area contributed by atoms with Crippen molar-refractivity contribution in [2.75, 3.05) is 159 Å². The number of esters is 2. The molecule has 0 spiro atoms. The summed E-state index contributed by atoms with van der Waals surface area (Å²) in [5.41, 5.74) is 15.3. The number of thioether (sulfide) groups is 1. The normalized spacial score (nSPS) is 33.3. The molecule has 730 valence electrons. The fourth-order valence-electron chi connectivity index (χ4n) is 18.8. The van der Waals surface area contributed by atoms with Gasteiger partial charge in [-0.2, -0.15) is 0 Å². The molecule has 6 aliphatic heterocycles. The van der Waals surface area contributed by atoms with Crippen LogP contribution in [0.5, 0.6) is 0 Å². The van der Waals surface area contributed by atoms with Gasteiger partial charge in [0, 0.05) is 145 Å². The van der Waals surface area contributed by atoms with E-state index in [-0.39, 0.29) is 93.9 Å². The molecule has 3 amide bonds. The molecule has 0 aromatic heterocycles. The number of ether oxygens (including phenoxy) is 28. The van der Waals surface area contributed by atoms with Crippen LogP contribution < -0.4 is 21.7 Å². The highest BCUT2D eigenvalue weighted by atomic mass is 32.2. The summed E-state index contributed by atoms with van der Waals surface area (Å²) in [5, 5.41) is 8.46. The molecule has 0 bridgehead atoms. The van der Waals surface area contributed by atoms with Crippen LogP contribution in [0.15, 0.2) is 97.1 Å². The number of hydrogen-bond donors (Lipinski definition) is 4. The Morgan fingerprint density at radius 3 is 0.931 bits per heavy atom. The van der Waals surface area contributed by atoms with Gasteiger partial charge in [0.2, 0.25) is 17.7 Å². The van der Waals surface area contributed by atoms with Gasteiger partial charge in [-0.15, -0.1) is 0 Å². The van der Waals surface area contributed by atoms with Gasteiger partial charge < -0.3 is 154 Å². The number of nitrogens with two attached hydrogens (primary N) is 1. The molecule has 6 saturated heterocycles. The van der Waals surface area contributed by atoms with Gasteiger partial charge in [0.25, 0.3) is 0 Å².